The van der Waals surface area contributed by atoms with Gasteiger partial charge in [-0.3, -0.25) is 0 Å². The van der Waals surface area contributed by atoms with Gasteiger partial charge in [-0.15, -0.1) is 11.3 Å². The van der Waals surface area contributed by atoms with Crippen LogP contribution < -0.4 is 10.6 Å². The number of anilines is 2. The van der Waals surface area contributed by atoms with E-state index in [0.29, 0.717) is 5.13 Å². The van der Waals surface area contributed by atoms with Crippen molar-refractivity contribution in [2.24, 2.45) is 0 Å². The molecule has 0 radical (unpaired) electrons. The lowest BCUT2D eigenvalue weighted by Gasteiger charge is -2.17. The third kappa shape index (κ3) is 2.49. The topological polar surface area (TPSA) is 42.2 Å². The van der Waals surface area contributed by atoms with Gasteiger partial charge in [0.25, 0.3) is 0 Å². The molecule has 0 aliphatic heterocycles. The lowest BCUT2D eigenvalue weighted by molar-refractivity contribution is 0.627. The number of benzene rings is 1. The SMILES string of the molecule is CN(Cc1cnc(N)s1)c1ccc(F)cc1. The first-order chi connectivity index (χ1) is 7.65. The molecular weight excluding hydrogens is 225 g/mol. The second-order valence-electron chi connectivity index (χ2n) is 3.50. The Morgan fingerprint density at radius 2 is 2.06 bits per heavy atom. The fourth-order valence-electron chi connectivity index (χ4n) is 1.42. The molecule has 0 aliphatic rings. The summed E-state index contributed by atoms with van der Waals surface area (Å²) in [6.45, 7) is 0.723. The Morgan fingerprint density at radius 3 is 2.62 bits per heavy atom. The smallest absolute Gasteiger partial charge is 0.180 e. The maximum atomic E-state index is 12.7. The predicted molar refractivity (Wildman–Crippen MR) is 65.0 cm³/mol. The number of nitrogen functional groups attached to an aromatic ring is 1. The molecule has 0 bridgehead atoms. The van der Waals surface area contributed by atoms with E-state index in [9.17, 15) is 4.39 Å². The number of rotatable bonds is 3. The van der Waals surface area contributed by atoms with Crippen LogP contribution in [0.25, 0.3) is 0 Å². The number of nitrogens with zero attached hydrogens (tertiary/aromatic N) is 2. The van der Waals surface area contributed by atoms with Crippen LogP contribution in [0.15, 0.2) is 30.5 Å². The number of aromatic nitrogens is 1. The number of hydrogen-bond acceptors (Lipinski definition) is 4. The van der Waals surface area contributed by atoms with E-state index in [1.165, 1.54) is 23.5 Å². The first-order valence-electron chi connectivity index (χ1n) is 4.82. The zero-order valence-electron chi connectivity index (χ0n) is 8.85. The molecule has 2 aromatic rings. The summed E-state index contributed by atoms with van der Waals surface area (Å²) in [5, 5.41) is 0.572. The average molecular weight is 237 g/mol. The highest BCUT2D eigenvalue weighted by atomic mass is 32.1. The molecule has 0 saturated heterocycles. The number of hydrogen-bond donors (Lipinski definition) is 1. The minimum atomic E-state index is -0.223. The number of halogens is 1. The highest BCUT2D eigenvalue weighted by molar-refractivity contribution is 7.15. The summed E-state index contributed by atoms with van der Waals surface area (Å²) in [4.78, 5) is 7.09. The maximum absolute atomic E-state index is 12.7. The van der Waals surface area contributed by atoms with E-state index in [1.807, 2.05) is 11.9 Å². The lowest BCUT2D eigenvalue weighted by atomic mass is 10.3. The Balaban J connectivity index is 2.08. The van der Waals surface area contributed by atoms with Gasteiger partial charge in [0.05, 0.1) is 6.54 Å². The van der Waals surface area contributed by atoms with Crippen LogP contribution in [-0.4, -0.2) is 12.0 Å². The van der Waals surface area contributed by atoms with E-state index in [0.717, 1.165) is 17.1 Å². The van der Waals surface area contributed by atoms with Crippen molar-refractivity contribution >= 4 is 22.2 Å². The molecule has 0 unspecified atom stereocenters. The monoisotopic (exact) mass is 237 g/mol. The summed E-state index contributed by atoms with van der Waals surface area (Å²) in [7, 11) is 1.95. The minimum absolute atomic E-state index is 0.223. The molecule has 0 spiro atoms. The molecular formula is C11H12FN3S. The normalized spacial score (nSPS) is 10.4. The van der Waals surface area contributed by atoms with Gasteiger partial charge in [0, 0.05) is 23.8 Å². The van der Waals surface area contributed by atoms with Gasteiger partial charge in [-0.1, -0.05) is 0 Å². The molecule has 0 amide bonds. The van der Waals surface area contributed by atoms with Crippen molar-refractivity contribution in [3.63, 3.8) is 0 Å². The largest absolute Gasteiger partial charge is 0.375 e. The summed E-state index contributed by atoms with van der Waals surface area (Å²) in [6.07, 6.45) is 1.76. The predicted octanol–water partition coefficient (Wildman–Crippen LogP) is 2.50. The molecule has 2 rings (SSSR count). The zero-order valence-corrected chi connectivity index (χ0v) is 9.67. The van der Waals surface area contributed by atoms with Crippen molar-refractivity contribution in [2.75, 3.05) is 17.7 Å². The molecule has 3 nitrogen and oxygen atoms in total. The molecule has 0 saturated carbocycles. The van der Waals surface area contributed by atoms with Gasteiger partial charge in [0.2, 0.25) is 0 Å². The van der Waals surface area contributed by atoms with Gasteiger partial charge >= 0.3 is 0 Å². The summed E-state index contributed by atoms with van der Waals surface area (Å²) < 4.78 is 12.7. The van der Waals surface area contributed by atoms with E-state index in [-0.39, 0.29) is 5.82 Å². The van der Waals surface area contributed by atoms with Gasteiger partial charge in [0.15, 0.2) is 5.13 Å². The second kappa shape index (κ2) is 4.49. The van der Waals surface area contributed by atoms with Crippen molar-refractivity contribution in [3.8, 4) is 0 Å². The molecule has 0 aliphatic carbocycles. The molecule has 1 aromatic carbocycles. The molecule has 0 atom stereocenters. The average Bonchev–Trinajstić information content (AvgIpc) is 2.65. The van der Waals surface area contributed by atoms with Crippen LogP contribution in [0.4, 0.5) is 15.2 Å². The molecule has 16 heavy (non-hydrogen) atoms. The van der Waals surface area contributed by atoms with Crippen molar-refractivity contribution < 1.29 is 4.39 Å². The van der Waals surface area contributed by atoms with Crippen molar-refractivity contribution in [2.45, 2.75) is 6.54 Å². The Bertz CT molecular complexity index is 466. The lowest BCUT2D eigenvalue weighted by Crippen LogP contribution is -2.15. The second-order valence-corrected chi connectivity index (χ2v) is 4.64. The Hall–Kier alpha value is -1.62. The number of thiazole rings is 1. The number of nitrogens with two attached hydrogens (primary N) is 1. The third-order valence-corrected chi connectivity index (χ3v) is 3.04. The van der Waals surface area contributed by atoms with E-state index in [1.54, 1.807) is 18.3 Å². The van der Waals surface area contributed by atoms with Crippen LogP contribution in [0, 0.1) is 5.82 Å². The quantitative estimate of drug-likeness (QED) is 0.891. The zero-order chi connectivity index (χ0) is 11.5. The van der Waals surface area contributed by atoms with Crippen LogP contribution in [0.3, 0.4) is 0 Å². The third-order valence-electron chi connectivity index (χ3n) is 2.23. The van der Waals surface area contributed by atoms with Crippen LogP contribution >= 0.6 is 11.3 Å². The van der Waals surface area contributed by atoms with Gasteiger partial charge < -0.3 is 10.6 Å². The highest BCUT2D eigenvalue weighted by Gasteiger charge is 2.04. The van der Waals surface area contributed by atoms with Crippen LogP contribution in [0.5, 0.6) is 0 Å². The summed E-state index contributed by atoms with van der Waals surface area (Å²) >= 11 is 1.46. The fourth-order valence-corrected chi connectivity index (χ4v) is 2.15. The molecule has 1 aromatic heterocycles. The standard InChI is InChI=1S/C11H12FN3S/c1-15(7-10-6-14-11(13)16-10)9-4-2-8(12)3-5-9/h2-6H,7H2,1H3,(H2,13,14). The van der Waals surface area contributed by atoms with Gasteiger partial charge in [-0.05, 0) is 24.3 Å². The molecule has 2 N–H and O–H groups in total. The molecule has 1 heterocycles. The fraction of sp³-hybridized carbons (Fsp3) is 0.182. The summed E-state index contributed by atoms with van der Waals surface area (Å²) in [5.74, 6) is -0.223. The van der Waals surface area contributed by atoms with Gasteiger partial charge in [-0.2, -0.15) is 0 Å². The van der Waals surface area contributed by atoms with Gasteiger partial charge in [0.1, 0.15) is 5.82 Å². The minimum Gasteiger partial charge on any atom is -0.375 e. The first kappa shape index (κ1) is 10.9. The summed E-state index contributed by atoms with van der Waals surface area (Å²) in [5.41, 5.74) is 6.52. The highest BCUT2D eigenvalue weighted by Crippen LogP contribution is 2.20. The van der Waals surface area contributed by atoms with Crippen molar-refractivity contribution in [3.05, 3.63) is 41.2 Å². The van der Waals surface area contributed by atoms with E-state index in [2.05, 4.69) is 4.98 Å². The maximum Gasteiger partial charge on any atom is 0.180 e. The summed E-state index contributed by atoms with van der Waals surface area (Å²) in [6, 6.07) is 6.40. The van der Waals surface area contributed by atoms with Crippen LogP contribution in [0.1, 0.15) is 4.88 Å². The molecule has 5 heteroatoms. The van der Waals surface area contributed by atoms with Crippen molar-refractivity contribution in [1.82, 2.24) is 4.98 Å². The van der Waals surface area contributed by atoms with Crippen molar-refractivity contribution in [1.29, 1.82) is 0 Å². The Morgan fingerprint density at radius 1 is 1.38 bits per heavy atom. The molecule has 84 valence electrons. The first-order valence-corrected chi connectivity index (χ1v) is 5.63. The Kier molecular flexibility index (Phi) is 3.05. The van der Waals surface area contributed by atoms with E-state index in [4.69, 9.17) is 5.73 Å². The molecule has 0 fully saturated rings. The Labute approximate surface area is 97.3 Å². The van der Waals surface area contributed by atoms with E-state index >= 15 is 0 Å². The van der Waals surface area contributed by atoms with Gasteiger partial charge in [-0.25, -0.2) is 9.37 Å². The van der Waals surface area contributed by atoms with Crippen LogP contribution in [-0.2, 0) is 6.54 Å². The van der Waals surface area contributed by atoms with Crippen LogP contribution in [0.2, 0.25) is 0 Å². The van der Waals surface area contributed by atoms with E-state index < -0.39 is 0 Å².